The highest BCUT2D eigenvalue weighted by Gasteiger charge is 2.18. The summed E-state index contributed by atoms with van der Waals surface area (Å²) in [6.45, 7) is 1.83. The predicted molar refractivity (Wildman–Crippen MR) is 65.7 cm³/mol. The maximum absolute atomic E-state index is 13.2. The van der Waals surface area contributed by atoms with Gasteiger partial charge in [-0.2, -0.15) is 0 Å². The molecule has 1 atom stereocenters. The molecule has 0 N–H and O–H groups in total. The summed E-state index contributed by atoms with van der Waals surface area (Å²) >= 11 is 0. The fraction of sp³-hybridized carbons (Fsp3) is 0.308. The van der Waals surface area contributed by atoms with Crippen molar-refractivity contribution < 1.29 is 9.18 Å². The summed E-state index contributed by atoms with van der Waals surface area (Å²) in [5.41, 5.74) is 0.615. The molecule has 1 aromatic heterocycles. The number of halogens is 1. The molecule has 0 spiro atoms. The molecule has 17 heavy (non-hydrogen) atoms. The van der Waals surface area contributed by atoms with Crippen LogP contribution in [0.1, 0.15) is 11.7 Å². The van der Waals surface area contributed by atoms with Gasteiger partial charge < -0.3 is 0 Å². The Kier molecular flexibility index (Phi) is 2.98. The van der Waals surface area contributed by atoms with Crippen LogP contribution in [0.25, 0.3) is 10.9 Å². The van der Waals surface area contributed by atoms with Crippen molar-refractivity contribution in [3.63, 3.8) is 0 Å². The minimum Gasteiger partial charge on any atom is -0.298 e. The van der Waals surface area contributed by atoms with Crippen LogP contribution in [-0.2, 0) is 0 Å². The van der Waals surface area contributed by atoms with Crippen molar-refractivity contribution in [2.45, 2.75) is 13.0 Å². The molecule has 1 aromatic carbocycles. The van der Waals surface area contributed by atoms with Crippen LogP contribution >= 0.6 is 0 Å². The van der Waals surface area contributed by atoms with E-state index in [4.69, 9.17) is 0 Å². The number of carbonyl (C=O) groups excluding carboxylic acids is 1. The number of benzene rings is 1. The van der Waals surface area contributed by atoms with Crippen LogP contribution in [0.2, 0.25) is 0 Å². The average Bonchev–Trinajstić information content (AvgIpc) is 2.69. The van der Waals surface area contributed by atoms with E-state index in [1.165, 1.54) is 16.7 Å². The Morgan fingerprint density at radius 1 is 1.35 bits per heavy atom. The smallest absolute Gasteiger partial charge is 0.248 e. The molecule has 1 heterocycles. The second-order valence-corrected chi connectivity index (χ2v) is 4.37. The van der Waals surface area contributed by atoms with Gasteiger partial charge in [-0.3, -0.25) is 14.3 Å². The summed E-state index contributed by atoms with van der Waals surface area (Å²) in [4.78, 5) is 14.0. The highest BCUT2D eigenvalue weighted by Crippen LogP contribution is 2.17. The van der Waals surface area contributed by atoms with Gasteiger partial charge in [0.15, 0.2) is 0 Å². The lowest BCUT2D eigenvalue weighted by Gasteiger charge is -2.19. The summed E-state index contributed by atoms with van der Waals surface area (Å²) in [6, 6.07) is 6.03. The van der Waals surface area contributed by atoms with Gasteiger partial charge in [-0.25, -0.2) is 4.39 Å². The second-order valence-electron chi connectivity index (χ2n) is 4.37. The molecule has 0 radical (unpaired) electrons. The Bertz CT molecular complexity index is 560. The Balaban J connectivity index is 2.49. The first-order chi connectivity index (χ1) is 8.00. The van der Waals surface area contributed by atoms with Gasteiger partial charge in [0, 0.05) is 11.6 Å². The van der Waals surface area contributed by atoms with Gasteiger partial charge >= 0.3 is 0 Å². The lowest BCUT2D eigenvalue weighted by atomic mass is 10.2. The van der Waals surface area contributed by atoms with Gasteiger partial charge in [-0.1, -0.05) is 0 Å². The molecule has 0 aliphatic heterocycles. The molecule has 3 nitrogen and oxygen atoms in total. The number of nitrogens with zero attached hydrogens (tertiary/aromatic N) is 2. The largest absolute Gasteiger partial charge is 0.298 e. The second kappa shape index (κ2) is 4.30. The lowest BCUT2D eigenvalue weighted by Crippen LogP contribution is -2.36. The van der Waals surface area contributed by atoms with Crippen molar-refractivity contribution in [1.82, 2.24) is 9.47 Å². The topological polar surface area (TPSA) is 25.2 Å². The Labute approximate surface area is 99.4 Å². The van der Waals surface area contributed by atoms with E-state index >= 15 is 0 Å². The van der Waals surface area contributed by atoms with Gasteiger partial charge in [0.25, 0.3) is 0 Å². The predicted octanol–water partition coefficient (Wildman–Crippen LogP) is 2.37. The van der Waals surface area contributed by atoms with Crippen molar-refractivity contribution in [1.29, 1.82) is 0 Å². The third-order valence-electron chi connectivity index (χ3n) is 3.02. The van der Waals surface area contributed by atoms with Crippen molar-refractivity contribution in [3.8, 4) is 0 Å². The van der Waals surface area contributed by atoms with Crippen LogP contribution in [0.5, 0.6) is 0 Å². The molecule has 0 unspecified atom stereocenters. The van der Waals surface area contributed by atoms with Gasteiger partial charge in [-0.15, -0.1) is 0 Å². The molecule has 0 amide bonds. The molecular weight excluding hydrogens is 219 g/mol. The molecule has 2 rings (SSSR count). The quantitative estimate of drug-likeness (QED) is 0.797. The third-order valence-corrected chi connectivity index (χ3v) is 3.02. The highest BCUT2D eigenvalue weighted by atomic mass is 19.1. The van der Waals surface area contributed by atoms with E-state index in [2.05, 4.69) is 0 Å². The van der Waals surface area contributed by atoms with Crippen LogP contribution in [0.4, 0.5) is 4.39 Å². The van der Waals surface area contributed by atoms with Crippen LogP contribution in [0, 0.1) is 5.82 Å². The van der Waals surface area contributed by atoms with Gasteiger partial charge in [0.1, 0.15) is 5.82 Å². The van der Waals surface area contributed by atoms with E-state index in [1.807, 2.05) is 32.0 Å². The molecule has 0 bridgehead atoms. The van der Waals surface area contributed by atoms with Crippen LogP contribution < -0.4 is 0 Å². The summed E-state index contributed by atoms with van der Waals surface area (Å²) < 4.78 is 14.7. The van der Waals surface area contributed by atoms with E-state index in [1.54, 1.807) is 12.3 Å². The number of carbonyl (C=O) groups is 1. The van der Waals surface area contributed by atoms with E-state index in [0.29, 0.717) is 5.52 Å². The number of hydrogen-bond acceptors (Lipinski definition) is 2. The van der Waals surface area contributed by atoms with Crippen LogP contribution in [0.3, 0.4) is 0 Å². The monoisotopic (exact) mass is 234 g/mol. The molecule has 0 aliphatic carbocycles. The molecule has 90 valence electrons. The van der Waals surface area contributed by atoms with Crippen LogP contribution in [-0.4, -0.2) is 35.5 Å². The summed E-state index contributed by atoms with van der Waals surface area (Å²) in [6.07, 6.45) is 1.69. The fourth-order valence-electron chi connectivity index (χ4n) is 1.72. The molecular formula is C13H15FN2O. The van der Waals surface area contributed by atoms with Crippen molar-refractivity contribution in [2.24, 2.45) is 0 Å². The molecule has 0 aliphatic rings. The van der Waals surface area contributed by atoms with E-state index in [9.17, 15) is 9.18 Å². The molecule has 0 saturated carbocycles. The highest BCUT2D eigenvalue weighted by molar-refractivity contribution is 5.94. The lowest BCUT2D eigenvalue weighted by molar-refractivity contribution is 0.0809. The zero-order valence-corrected chi connectivity index (χ0v) is 10.1. The SMILES string of the molecule is C[C@@H](C(=O)n1ccc2ccc(F)cc21)N(C)C. The Hall–Kier alpha value is -1.68. The minimum atomic E-state index is -0.331. The zero-order valence-electron chi connectivity index (χ0n) is 10.1. The minimum absolute atomic E-state index is 0.0596. The average molecular weight is 234 g/mol. The van der Waals surface area contributed by atoms with Gasteiger partial charge in [-0.05, 0) is 45.3 Å². The van der Waals surface area contributed by atoms with Gasteiger partial charge in [0.2, 0.25) is 5.91 Å². The zero-order chi connectivity index (χ0) is 12.6. The maximum Gasteiger partial charge on any atom is 0.248 e. The Morgan fingerprint density at radius 2 is 2.06 bits per heavy atom. The standard InChI is InChI=1S/C13H15FN2O/c1-9(15(2)3)13(17)16-7-6-10-4-5-11(14)8-12(10)16/h4-9H,1-3H3/t9-/m0/s1. The number of aromatic nitrogens is 1. The van der Waals surface area contributed by atoms with Crippen LogP contribution in [0.15, 0.2) is 30.5 Å². The van der Waals surface area contributed by atoms with Gasteiger partial charge in [0.05, 0.1) is 11.6 Å². The summed E-state index contributed by atoms with van der Waals surface area (Å²) in [5, 5.41) is 0.866. The summed E-state index contributed by atoms with van der Waals surface area (Å²) in [5.74, 6) is -0.390. The maximum atomic E-state index is 13.2. The molecule has 4 heteroatoms. The number of likely N-dealkylation sites (N-methyl/N-ethyl adjacent to an activating group) is 1. The Morgan fingerprint density at radius 3 is 2.71 bits per heavy atom. The number of rotatable bonds is 2. The van der Waals surface area contributed by atoms with Crippen molar-refractivity contribution in [2.75, 3.05) is 14.1 Å². The first-order valence-electron chi connectivity index (χ1n) is 5.48. The van der Waals surface area contributed by atoms with Crippen molar-refractivity contribution in [3.05, 3.63) is 36.3 Å². The molecule has 0 fully saturated rings. The third kappa shape index (κ3) is 2.08. The van der Waals surface area contributed by atoms with Crippen molar-refractivity contribution >= 4 is 16.8 Å². The van der Waals surface area contributed by atoms with E-state index < -0.39 is 0 Å². The van der Waals surface area contributed by atoms with E-state index in [-0.39, 0.29) is 17.8 Å². The van der Waals surface area contributed by atoms with E-state index in [0.717, 1.165) is 5.39 Å². The molecule has 0 saturated heterocycles. The number of hydrogen-bond donors (Lipinski definition) is 0. The first kappa shape index (κ1) is 11.8. The number of fused-ring (bicyclic) bond motifs is 1. The fourth-order valence-corrected chi connectivity index (χ4v) is 1.72. The normalized spacial score (nSPS) is 13.2. The summed E-state index contributed by atoms with van der Waals surface area (Å²) in [7, 11) is 3.68. The first-order valence-corrected chi connectivity index (χ1v) is 5.48. The molecule has 2 aromatic rings.